The molecule has 2 aliphatic rings. The van der Waals surface area contributed by atoms with E-state index in [4.69, 9.17) is 0 Å². The molecule has 0 spiro atoms. The molecule has 3 heteroatoms. The van der Waals surface area contributed by atoms with Crippen LogP contribution in [-0.4, -0.2) is 47.6 Å². The Balaban J connectivity index is 1.96. The maximum Gasteiger partial charge on any atom is 0.0335 e. The van der Waals surface area contributed by atoms with Crippen molar-refractivity contribution >= 4 is 11.8 Å². The van der Waals surface area contributed by atoms with E-state index in [1.807, 2.05) is 0 Å². The van der Waals surface area contributed by atoms with Crippen molar-refractivity contribution in [2.75, 3.05) is 31.1 Å². The van der Waals surface area contributed by atoms with Crippen LogP contribution < -0.4 is 5.32 Å². The lowest BCUT2D eigenvalue weighted by molar-refractivity contribution is 0.0312. The second kappa shape index (κ2) is 6.15. The molecule has 1 aliphatic heterocycles. The Hall–Kier alpha value is 0.270. The topological polar surface area (TPSA) is 15.3 Å². The smallest absolute Gasteiger partial charge is 0.0335 e. The summed E-state index contributed by atoms with van der Waals surface area (Å²) in [6, 6.07) is 0.684. The predicted octanol–water partition coefficient (Wildman–Crippen LogP) is 2.84. The zero-order chi connectivity index (χ0) is 13.2. The van der Waals surface area contributed by atoms with Gasteiger partial charge in [0.15, 0.2) is 0 Å². The number of rotatable bonds is 6. The fraction of sp³-hybridized carbons (Fsp3) is 1.00. The van der Waals surface area contributed by atoms with E-state index in [-0.39, 0.29) is 0 Å². The highest BCUT2D eigenvalue weighted by Crippen LogP contribution is 2.44. The van der Waals surface area contributed by atoms with Crippen LogP contribution in [0.15, 0.2) is 0 Å². The van der Waals surface area contributed by atoms with Crippen molar-refractivity contribution in [3.63, 3.8) is 0 Å². The van der Waals surface area contributed by atoms with Gasteiger partial charge in [-0.3, -0.25) is 4.90 Å². The summed E-state index contributed by atoms with van der Waals surface area (Å²) >= 11 is 2.08. The molecule has 2 rings (SSSR count). The third-order valence-electron chi connectivity index (χ3n) is 4.83. The van der Waals surface area contributed by atoms with Crippen LogP contribution in [0.5, 0.6) is 0 Å². The summed E-state index contributed by atoms with van der Waals surface area (Å²) in [5.41, 5.74) is 0.430. The first-order chi connectivity index (χ1) is 8.58. The molecule has 2 unspecified atom stereocenters. The molecular formula is C15H30N2S. The molecule has 0 aromatic heterocycles. The van der Waals surface area contributed by atoms with Gasteiger partial charge in [-0.15, -0.1) is 0 Å². The van der Waals surface area contributed by atoms with Gasteiger partial charge in [0, 0.05) is 37.0 Å². The van der Waals surface area contributed by atoms with Gasteiger partial charge in [-0.2, -0.15) is 11.8 Å². The lowest BCUT2D eigenvalue weighted by Gasteiger charge is -2.49. The fourth-order valence-corrected chi connectivity index (χ4v) is 3.82. The van der Waals surface area contributed by atoms with Crippen molar-refractivity contribution < 1.29 is 0 Å². The highest BCUT2D eigenvalue weighted by atomic mass is 32.2. The molecule has 0 radical (unpaired) electrons. The molecule has 1 heterocycles. The summed E-state index contributed by atoms with van der Waals surface area (Å²) in [6.45, 7) is 13.2. The third kappa shape index (κ3) is 3.23. The quantitative estimate of drug-likeness (QED) is 0.747. The molecular weight excluding hydrogens is 240 g/mol. The first-order valence-electron chi connectivity index (χ1n) is 7.64. The average molecular weight is 270 g/mol. The molecule has 1 saturated heterocycles. The van der Waals surface area contributed by atoms with E-state index in [2.05, 4.69) is 49.7 Å². The van der Waals surface area contributed by atoms with Gasteiger partial charge in [-0.25, -0.2) is 0 Å². The van der Waals surface area contributed by atoms with Crippen molar-refractivity contribution in [2.24, 2.45) is 11.8 Å². The number of hydrogen-bond donors (Lipinski definition) is 1. The maximum absolute atomic E-state index is 3.80. The summed E-state index contributed by atoms with van der Waals surface area (Å²) < 4.78 is 0. The number of thioether (sulfide) groups is 1. The minimum absolute atomic E-state index is 0.430. The molecule has 0 amide bonds. The second-order valence-electron chi connectivity index (χ2n) is 6.51. The molecule has 1 saturated carbocycles. The lowest BCUT2D eigenvalue weighted by atomic mass is 9.87. The minimum atomic E-state index is 0.430. The number of piperazine rings is 1. The molecule has 106 valence electrons. The van der Waals surface area contributed by atoms with E-state index in [9.17, 15) is 0 Å². The molecule has 1 aliphatic carbocycles. The number of nitrogens with zero attached hydrogens (tertiary/aromatic N) is 1. The highest BCUT2D eigenvalue weighted by Gasteiger charge is 2.48. The van der Waals surface area contributed by atoms with Crippen molar-refractivity contribution in [3.8, 4) is 0 Å². The molecule has 0 aromatic carbocycles. The van der Waals surface area contributed by atoms with Crippen LogP contribution in [0.1, 0.15) is 40.5 Å². The van der Waals surface area contributed by atoms with Crippen LogP contribution in [-0.2, 0) is 0 Å². The van der Waals surface area contributed by atoms with Gasteiger partial charge in [-0.05, 0) is 37.4 Å². The third-order valence-corrected chi connectivity index (χ3v) is 5.71. The minimum Gasteiger partial charge on any atom is -0.311 e. The van der Waals surface area contributed by atoms with Gasteiger partial charge in [0.05, 0.1) is 0 Å². The molecule has 2 fully saturated rings. The molecule has 2 atom stereocenters. The van der Waals surface area contributed by atoms with E-state index < -0.39 is 0 Å². The SMILES string of the molecule is CCSCCN1CC(C(C)C)NCC1(C)C1CC1. The van der Waals surface area contributed by atoms with Crippen LogP contribution in [0.4, 0.5) is 0 Å². The first-order valence-corrected chi connectivity index (χ1v) is 8.79. The average Bonchev–Trinajstić information content (AvgIpc) is 3.15. The monoisotopic (exact) mass is 270 g/mol. The molecule has 18 heavy (non-hydrogen) atoms. The largest absolute Gasteiger partial charge is 0.311 e. The van der Waals surface area contributed by atoms with Gasteiger partial charge in [-0.1, -0.05) is 20.8 Å². The summed E-state index contributed by atoms with van der Waals surface area (Å²) in [5, 5.41) is 3.80. The Kier molecular flexibility index (Phi) is 5.01. The van der Waals surface area contributed by atoms with Crippen molar-refractivity contribution in [1.82, 2.24) is 10.2 Å². The zero-order valence-electron chi connectivity index (χ0n) is 12.5. The van der Waals surface area contributed by atoms with Gasteiger partial charge in [0.25, 0.3) is 0 Å². The standard InChI is InChI=1S/C15H30N2S/c1-5-18-9-8-17-10-14(12(2)3)16-11-15(17,4)13-6-7-13/h12-14,16H,5-11H2,1-4H3. The Morgan fingerprint density at radius 2 is 2.11 bits per heavy atom. The van der Waals surface area contributed by atoms with Crippen LogP contribution in [0.25, 0.3) is 0 Å². The number of hydrogen-bond acceptors (Lipinski definition) is 3. The van der Waals surface area contributed by atoms with Crippen molar-refractivity contribution in [3.05, 3.63) is 0 Å². The summed E-state index contributed by atoms with van der Waals surface area (Å²) in [7, 11) is 0. The van der Waals surface area contributed by atoms with E-state index in [1.165, 1.54) is 44.0 Å². The lowest BCUT2D eigenvalue weighted by Crippen LogP contribution is -2.65. The van der Waals surface area contributed by atoms with Gasteiger partial charge >= 0.3 is 0 Å². The first kappa shape index (κ1) is 14.7. The summed E-state index contributed by atoms with van der Waals surface area (Å²) in [4.78, 5) is 2.80. The normalized spacial score (nSPS) is 34.2. The van der Waals surface area contributed by atoms with E-state index >= 15 is 0 Å². The molecule has 0 bridgehead atoms. The van der Waals surface area contributed by atoms with E-state index in [0.717, 1.165) is 11.8 Å². The highest BCUT2D eigenvalue weighted by molar-refractivity contribution is 7.99. The molecule has 2 nitrogen and oxygen atoms in total. The predicted molar refractivity (Wildman–Crippen MR) is 82.3 cm³/mol. The Labute approximate surface area is 117 Å². The fourth-order valence-electron chi connectivity index (χ4n) is 3.18. The van der Waals surface area contributed by atoms with Crippen LogP contribution >= 0.6 is 11.8 Å². The van der Waals surface area contributed by atoms with Gasteiger partial charge in [0.1, 0.15) is 0 Å². The van der Waals surface area contributed by atoms with Crippen molar-refractivity contribution in [1.29, 1.82) is 0 Å². The summed E-state index contributed by atoms with van der Waals surface area (Å²) in [5.74, 6) is 4.24. The Morgan fingerprint density at radius 1 is 1.39 bits per heavy atom. The summed E-state index contributed by atoms with van der Waals surface area (Å²) in [6.07, 6.45) is 2.89. The van der Waals surface area contributed by atoms with Gasteiger partial charge in [0.2, 0.25) is 0 Å². The van der Waals surface area contributed by atoms with E-state index in [0.29, 0.717) is 11.6 Å². The second-order valence-corrected chi connectivity index (χ2v) is 7.90. The van der Waals surface area contributed by atoms with E-state index in [1.54, 1.807) is 0 Å². The van der Waals surface area contributed by atoms with Crippen LogP contribution in [0, 0.1) is 11.8 Å². The molecule has 0 aromatic rings. The van der Waals surface area contributed by atoms with Gasteiger partial charge < -0.3 is 5.32 Å². The maximum atomic E-state index is 3.80. The van der Waals surface area contributed by atoms with Crippen LogP contribution in [0.3, 0.4) is 0 Å². The Morgan fingerprint density at radius 3 is 2.67 bits per heavy atom. The van der Waals surface area contributed by atoms with Crippen LogP contribution in [0.2, 0.25) is 0 Å². The molecule has 1 N–H and O–H groups in total. The number of nitrogens with one attached hydrogen (secondary N) is 1. The Bertz CT molecular complexity index is 265. The van der Waals surface area contributed by atoms with Crippen molar-refractivity contribution in [2.45, 2.75) is 52.1 Å². The zero-order valence-corrected chi connectivity index (χ0v) is 13.4.